The number of rotatable bonds is 6. The maximum atomic E-state index is 6.10. The molecule has 0 bridgehead atoms. The first-order valence-corrected chi connectivity index (χ1v) is 9.05. The van der Waals surface area contributed by atoms with Crippen molar-refractivity contribution in [3.05, 3.63) is 23.4 Å². The predicted molar refractivity (Wildman–Crippen MR) is 106 cm³/mol. The van der Waals surface area contributed by atoms with Gasteiger partial charge in [0.05, 0.1) is 21.3 Å². The highest BCUT2D eigenvalue weighted by Gasteiger charge is 2.28. The van der Waals surface area contributed by atoms with E-state index >= 15 is 0 Å². The minimum atomic E-state index is -0.429. The van der Waals surface area contributed by atoms with Crippen LogP contribution in [-0.4, -0.2) is 47.0 Å². The SMILES string of the molecule is COc1cc(N(C)C[C@H]2CCC3=C(C2)C(N)=N[C@H](N)N3)cc(OC)c1OC. The van der Waals surface area contributed by atoms with Gasteiger partial charge in [-0.25, -0.2) is 4.99 Å². The van der Waals surface area contributed by atoms with E-state index in [0.717, 1.165) is 42.8 Å². The molecule has 148 valence electrons. The number of nitrogens with one attached hydrogen (secondary N) is 1. The van der Waals surface area contributed by atoms with Gasteiger partial charge in [0, 0.05) is 42.7 Å². The van der Waals surface area contributed by atoms with E-state index in [0.29, 0.717) is 29.0 Å². The lowest BCUT2D eigenvalue weighted by Crippen LogP contribution is -2.44. The van der Waals surface area contributed by atoms with E-state index in [-0.39, 0.29) is 0 Å². The smallest absolute Gasteiger partial charge is 0.203 e. The molecule has 1 aliphatic carbocycles. The van der Waals surface area contributed by atoms with Crippen LogP contribution in [0.5, 0.6) is 17.2 Å². The Bertz CT molecular complexity index is 737. The molecule has 0 saturated heterocycles. The normalized spacial score (nSPS) is 21.7. The molecule has 0 saturated carbocycles. The van der Waals surface area contributed by atoms with Gasteiger partial charge in [-0.15, -0.1) is 0 Å². The minimum Gasteiger partial charge on any atom is -0.493 e. The van der Waals surface area contributed by atoms with Gasteiger partial charge < -0.3 is 30.2 Å². The molecule has 2 aliphatic rings. The van der Waals surface area contributed by atoms with Gasteiger partial charge >= 0.3 is 0 Å². The number of allylic oxidation sites excluding steroid dienone is 1. The number of methoxy groups -OCH3 is 3. The number of amidine groups is 1. The highest BCUT2D eigenvalue weighted by molar-refractivity contribution is 5.98. The van der Waals surface area contributed by atoms with E-state index in [1.54, 1.807) is 21.3 Å². The quantitative estimate of drug-likeness (QED) is 0.690. The first-order chi connectivity index (χ1) is 13.0. The first-order valence-electron chi connectivity index (χ1n) is 9.05. The largest absolute Gasteiger partial charge is 0.493 e. The van der Waals surface area contributed by atoms with E-state index in [2.05, 4.69) is 22.3 Å². The summed E-state index contributed by atoms with van der Waals surface area (Å²) in [7, 11) is 6.92. The second-order valence-corrected chi connectivity index (χ2v) is 6.93. The molecule has 0 spiro atoms. The number of hydrogen-bond acceptors (Lipinski definition) is 8. The van der Waals surface area contributed by atoms with Gasteiger partial charge in [0.25, 0.3) is 0 Å². The number of anilines is 1. The highest BCUT2D eigenvalue weighted by Crippen LogP contribution is 2.41. The van der Waals surface area contributed by atoms with Gasteiger partial charge in [0.1, 0.15) is 5.84 Å². The maximum absolute atomic E-state index is 6.10. The van der Waals surface area contributed by atoms with Crippen molar-refractivity contribution in [2.24, 2.45) is 22.4 Å². The van der Waals surface area contributed by atoms with Gasteiger partial charge in [0.2, 0.25) is 5.75 Å². The van der Waals surface area contributed by atoms with Crippen molar-refractivity contribution < 1.29 is 14.2 Å². The fraction of sp³-hybridized carbons (Fsp3) is 0.526. The van der Waals surface area contributed by atoms with Crippen LogP contribution in [0.15, 0.2) is 28.4 Å². The molecule has 5 N–H and O–H groups in total. The second-order valence-electron chi connectivity index (χ2n) is 6.93. The standard InChI is InChI=1S/C19H29N5O3/c1-24(12-8-15(25-2)17(27-4)16(9-12)26-3)10-11-5-6-14-13(7-11)18(20)23-19(21)22-14/h8-9,11,19,22H,5-7,10,21H2,1-4H3,(H2,20,23)/t11-,19+/m0/s1. The van der Waals surface area contributed by atoms with E-state index in [1.165, 1.54) is 0 Å². The zero-order valence-electron chi connectivity index (χ0n) is 16.4. The lowest BCUT2D eigenvalue weighted by molar-refractivity contribution is 0.324. The van der Waals surface area contributed by atoms with Crippen LogP contribution in [0.1, 0.15) is 19.3 Å². The maximum Gasteiger partial charge on any atom is 0.203 e. The zero-order valence-corrected chi connectivity index (χ0v) is 16.4. The Labute approximate surface area is 160 Å². The number of nitrogens with two attached hydrogens (primary N) is 2. The third kappa shape index (κ3) is 3.90. The summed E-state index contributed by atoms with van der Waals surface area (Å²) >= 11 is 0. The average molecular weight is 375 g/mol. The number of benzene rings is 1. The van der Waals surface area contributed by atoms with Crippen molar-refractivity contribution in [3.63, 3.8) is 0 Å². The summed E-state index contributed by atoms with van der Waals surface area (Å²) < 4.78 is 16.3. The fourth-order valence-electron chi connectivity index (χ4n) is 3.81. The Balaban J connectivity index is 1.75. The highest BCUT2D eigenvalue weighted by atomic mass is 16.5. The molecule has 27 heavy (non-hydrogen) atoms. The Morgan fingerprint density at radius 1 is 1.19 bits per heavy atom. The molecule has 0 aromatic heterocycles. The monoisotopic (exact) mass is 375 g/mol. The lowest BCUT2D eigenvalue weighted by atomic mass is 9.85. The third-order valence-electron chi connectivity index (χ3n) is 5.19. The van der Waals surface area contributed by atoms with Crippen molar-refractivity contribution in [1.82, 2.24) is 5.32 Å². The van der Waals surface area contributed by atoms with Crippen LogP contribution >= 0.6 is 0 Å². The minimum absolute atomic E-state index is 0.429. The molecule has 0 unspecified atom stereocenters. The molecule has 2 atom stereocenters. The van der Waals surface area contributed by atoms with E-state index in [4.69, 9.17) is 25.7 Å². The summed E-state index contributed by atoms with van der Waals surface area (Å²) in [6.07, 6.45) is 2.47. The van der Waals surface area contributed by atoms with Gasteiger partial charge in [-0.05, 0) is 25.2 Å². The molecule has 0 radical (unpaired) electrons. The van der Waals surface area contributed by atoms with Crippen LogP contribution in [0, 0.1) is 5.92 Å². The molecule has 8 nitrogen and oxygen atoms in total. The summed E-state index contributed by atoms with van der Waals surface area (Å²) in [6, 6.07) is 3.93. The fourth-order valence-corrected chi connectivity index (χ4v) is 3.81. The molecule has 1 aromatic rings. The predicted octanol–water partition coefficient (Wildman–Crippen LogP) is 1.41. The molecule has 3 rings (SSSR count). The van der Waals surface area contributed by atoms with E-state index in [1.807, 2.05) is 12.1 Å². The molecule has 1 aromatic carbocycles. The summed E-state index contributed by atoms with van der Waals surface area (Å²) in [5, 5.41) is 3.23. The van der Waals surface area contributed by atoms with E-state index < -0.39 is 6.29 Å². The van der Waals surface area contributed by atoms with E-state index in [9.17, 15) is 0 Å². The van der Waals surface area contributed by atoms with Crippen LogP contribution in [-0.2, 0) is 0 Å². The summed E-state index contributed by atoms with van der Waals surface area (Å²) in [5.74, 6) is 2.93. The van der Waals surface area contributed by atoms with Crippen molar-refractivity contribution in [2.45, 2.75) is 25.6 Å². The Morgan fingerprint density at radius 3 is 2.44 bits per heavy atom. The summed E-state index contributed by atoms with van der Waals surface area (Å²) in [5.41, 5.74) is 15.2. The zero-order chi connectivity index (χ0) is 19.6. The topological polar surface area (TPSA) is 107 Å². The first kappa shape index (κ1) is 19.2. The Hall–Kier alpha value is -2.61. The van der Waals surface area contributed by atoms with Crippen molar-refractivity contribution in [2.75, 3.05) is 39.8 Å². The van der Waals surface area contributed by atoms with Gasteiger partial charge in [-0.1, -0.05) is 0 Å². The van der Waals surface area contributed by atoms with Crippen LogP contribution in [0.2, 0.25) is 0 Å². The number of ether oxygens (including phenoxy) is 3. The summed E-state index contributed by atoms with van der Waals surface area (Å²) in [4.78, 5) is 6.45. The van der Waals surface area contributed by atoms with Crippen LogP contribution in [0.4, 0.5) is 5.69 Å². The number of nitrogens with zero attached hydrogens (tertiary/aromatic N) is 2. The molecule has 1 aliphatic heterocycles. The molecule has 0 fully saturated rings. The van der Waals surface area contributed by atoms with Crippen molar-refractivity contribution in [1.29, 1.82) is 0 Å². The molecule has 8 heteroatoms. The Morgan fingerprint density at radius 2 is 1.85 bits per heavy atom. The van der Waals surface area contributed by atoms with Gasteiger partial charge in [0.15, 0.2) is 17.8 Å². The van der Waals surface area contributed by atoms with Crippen molar-refractivity contribution in [3.8, 4) is 17.2 Å². The van der Waals surface area contributed by atoms with Gasteiger partial charge in [-0.3, -0.25) is 5.73 Å². The Kier molecular flexibility index (Phi) is 5.65. The molecular formula is C19H29N5O3. The van der Waals surface area contributed by atoms with Crippen molar-refractivity contribution >= 4 is 11.5 Å². The second kappa shape index (κ2) is 7.96. The van der Waals surface area contributed by atoms with Crippen LogP contribution in [0.25, 0.3) is 0 Å². The lowest BCUT2D eigenvalue weighted by Gasteiger charge is -2.34. The van der Waals surface area contributed by atoms with Gasteiger partial charge in [-0.2, -0.15) is 0 Å². The number of hydrogen-bond donors (Lipinski definition) is 3. The average Bonchev–Trinajstić information content (AvgIpc) is 2.67. The number of aliphatic imine (C=N–C) groups is 1. The van der Waals surface area contributed by atoms with Crippen LogP contribution < -0.4 is 35.9 Å². The third-order valence-corrected chi connectivity index (χ3v) is 5.19. The molecule has 0 amide bonds. The summed E-state index contributed by atoms with van der Waals surface area (Å²) in [6.45, 7) is 0.884. The molecular weight excluding hydrogens is 346 g/mol. The molecule has 1 heterocycles. The van der Waals surface area contributed by atoms with Crippen LogP contribution in [0.3, 0.4) is 0 Å².